The highest BCUT2D eigenvalue weighted by Gasteiger charge is 2.48. The van der Waals surface area contributed by atoms with Crippen molar-refractivity contribution in [1.29, 1.82) is 0 Å². The third-order valence-electron chi connectivity index (χ3n) is 5.42. The number of carbonyl (C=O) groups is 1. The predicted octanol–water partition coefficient (Wildman–Crippen LogP) is 4.90. The van der Waals surface area contributed by atoms with E-state index in [0.29, 0.717) is 33.6 Å². The van der Waals surface area contributed by atoms with Crippen LogP contribution in [0.1, 0.15) is 22.7 Å². The number of H-pyrrole nitrogens is 1. The van der Waals surface area contributed by atoms with E-state index in [4.69, 9.17) is 35.4 Å². The van der Waals surface area contributed by atoms with E-state index in [0.717, 1.165) is 11.2 Å². The minimum absolute atomic E-state index is 0.107. The molecule has 0 saturated carbocycles. The number of hydrogen-bond donors (Lipinski definition) is 1. The molecule has 5 rings (SSSR count). The number of benzene rings is 2. The van der Waals surface area contributed by atoms with E-state index in [-0.39, 0.29) is 11.8 Å². The van der Waals surface area contributed by atoms with Crippen LogP contribution in [0.5, 0.6) is 0 Å². The van der Waals surface area contributed by atoms with Crippen molar-refractivity contribution in [3.05, 3.63) is 69.3 Å². The Morgan fingerprint density at radius 1 is 1.15 bits per heavy atom. The maximum atomic E-state index is 13.2. The van der Waals surface area contributed by atoms with Crippen LogP contribution >= 0.6 is 35.4 Å². The summed E-state index contributed by atoms with van der Waals surface area (Å²) in [4.78, 5) is 19.4. The van der Waals surface area contributed by atoms with Crippen molar-refractivity contribution in [3.8, 4) is 0 Å². The predicted molar refractivity (Wildman–Crippen MR) is 108 cm³/mol. The van der Waals surface area contributed by atoms with Crippen LogP contribution in [0.25, 0.3) is 10.9 Å². The lowest BCUT2D eigenvalue weighted by Gasteiger charge is -2.30. The number of para-hydroxylation sites is 1. The molecule has 3 heterocycles. The maximum Gasteiger partial charge on any atom is 0.169 e. The highest BCUT2D eigenvalue weighted by molar-refractivity contribution is 7.80. The van der Waals surface area contributed by atoms with Crippen LogP contribution in [-0.4, -0.2) is 26.7 Å². The fraction of sp³-hybridized carbons (Fsp3) is 0.200. The van der Waals surface area contributed by atoms with Crippen LogP contribution in [0.15, 0.2) is 42.5 Å². The Labute approximate surface area is 165 Å². The van der Waals surface area contributed by atoms with Gasteiger partial charge >= 0.3 is 0 Å². The van der Waals surface area contributed by atoms with Gasteiger partial charge in [-0.15, -0.1) is 0 Å². The standard InChI is InChI=1S/C20H14Cl2N2OS/c21-10-5-6-14(22)13(7-10)18-19(25)17-8-12-11-3-1-2-4-15(11)23-16(12)9-24(17)20(18)26/h1-7,17-18,23H,8-9H2/t17-,18+/m0/s1. The Morgan fingerprint density at radius 2 is 1.96 bits per heavy atom. The van der Waals surface area contributed by atoms with Crippen molar-refractivity contribution in [2.75, 3.05) is 0 Å². The van der Waals surface area contributed by atoms with Gasteiger partial charge in [-0.25, -0.2) is 0 Å². The molecule has 2 aliphatic rings. The molecule has 0 aliphatic carbocycles. The van der Waals surface area contributed by atoms with Gasteiger partial charge in [-0.1, -0.05) is 53.6 Å². The molecule has 3 nitrogen and oxygen atoms in total. The summed E-state index contributed by atoms with van der Waals surface area (Å²) in [5, 5.41) is 2.27. The minimum atomic E-state index is -0.503. The number of rotatable bonds is 1. The van der Waals surface area contributed by atoms with Crippen molar-refractivity contribution < 1.29 is 4.79 Å². The highest BCUT2D eigenvalue weighted by Crippen LogP contribution is 2.41. The second-order valence-corrected chi connectivity index (χ2v) is 8.08. The van der Waals surface area contributed by atoms with Gasteiger partial charge in [0.05, 0.1) is 23.5 Å². The van der Waals surface area contributed by atoms with Gasteiger partial charge in [0, 0.05) is 33.1 Å². The molecule has 0 spiro atoms. The van der Waals surface area contributed by atoms with Crippen LogP contribution in [-0.2, 0) is 17.8 Å². The SMILES string of the molecule is O=C1[C@@H](c2cc(Cl)ccc2Cl)C(=S)N2Cc3[nH]c4ccccc4c3C[C@@H]12. The molecule has 0 amide bonds. The molecule has 3 aromatic rings. The summed E-state index contributed by atoms with van der Waals surface area (Å²) >= 11 is 18.2. The first-order chi connectivity index (χ1) is 12.5. The fourth-order valence-electron chi connectivity index (χ4n) is 4.20. The molecule has 2 aromatic carbocycles. The molecule has 0 unspecified atom stereocenters. The molecule has 26 heavy (non-hydrogen) atoms. The summed E-state index contributed by atoms with van der Waals surface area (Å²) in [5.74, 6) is -0.397. The topological polar surface area (TPSA) is 36.1 Å². The molecule has 1 saturated heterocycles. The molecule has 130 valence electrons. The summed E-state index contributed by atoms with van der Waals surface area (Å²) in [5.41, 5.74) is 4.16. The zero-order chi connectivity index (χ0) is 18.0. The van der Waals surface area contributed by atoms with E-state index < -0.39 is 5.92 Å². The van der Waals surface area contributed by atoms with Gasteiger partial charge in [0.25, 0.3) is 0 Å². The van der Waals surface area contributed by atoms with Gasteiger partial charge in [0.2, 0.25) is 0 Å². The lowest BCUT2D eigenvalue weighted by molar-refractivity contribution is -0.121. The van der Waals surface area contributed by atoms with Crippen molar-refractivity contribution >= 4 is 57.1 Å². The highest BCUT2D eigenvalue weighted by atomic mass is 35.5. The summed E-state index contributed by atoms with van der Waals surface area (Å²) in [7, 11) is 0. The number of carbonyl (C=O) groups excluding carboxylic acids is 1. The Morgan fingerprint density at radius 3 is 2.81 bits per heavy atom. The van der Waals surface area contributed by atoms with E-state index in [1.165, 1.54) is 10.9 Å². The van der Waals surface area contributed by atoms with Gasteiger partial charge in [0.15, 0.2) is 5.78 Å². The average molecular weight is 401 g/mol. The summed E-state index contributed by atoms with van der Waals surface area (Å²) < 4.78 is 0. The van der Waals surface area contributed by atoms with Crippen LogP contribution in [0, 0.1) is 0 Å². The van der Waals surface area contributed by atoms with Crippen LogP contribution < -0.4 is 0 Å². The van der Waals surface area contributed by atoms with Crippen LogP contribution in [0.3, 0.4) is 0 Å². The van der Waals surface area contributed by atoms with E-state index >= 15 is 0 Å². The number of halogens is 2. The van der Waals surface area contributed by atoms with Crippen molar-refractivity contribution in [3.63, 3.8) is 0 Å². The van der Waals surface area contributed by atoms with Gasteiger partial charge in [-0.05, 0) is 35.4 Å². The lowest BCUT2D eigenvalue weighted by atomic mass is 9.91. The lowest BCUT2D eigenvalue weighted by Crippen LogP contribution is -2.39. The van der Waals surface area contributed by atoms with E-state index in [9.17, 15) is 4.79 Å². The molecule has 0 radical (unpaired) electrons. The number of ketones is 1. The first kappa shape index (κ1) is 16.3. The first-order valence-electron chi connectivity index (χ1n) is 8.42. The molecule has 1 aromatic heterocycles. The second-order valence-electron chi connectivity index (χ2n) is 6.81. The largest absolute Gasteiger partial charge is 0.357 e. The number of aromatic nitrogens is 1. The van der Waals surface area contributed by atoms with Gasteiger partial charge in [-0.2, -0.15) is 0 Å². The van der Waals surface area contributed by atoms with Gasteiger partial charge < -0.3 is 9.88 Å². The number of thiocarbonyl (C=S) groups is 1. The average Bonchev–Trinajstić information content (AvgIpc) is 3.11. The third kappa shape index (κ3) is 2.26. The van der Waals surface area contributed by atoms with Gasteiger partial charge in [0.1, 0.15) is 0 Å². The monoisotopic (exact) mass is 400 g/mol. The molecule has 1 fully saturated rings. The molecule has 1 N–H and O–H groups in total. The molecular formula is C20H14Cl2N2OS. The van der Waals surface area contributed by atoms with Crippen molar-refractivity contribution in [2.24, 2.45) is 0 Å². The smallest absolute Gasteiger partial charge is 0.169 e. The Balaban J connectivity index is 1.58. The third-order valence-corrected chi connectivity index (χ3v) is 6.47. The quantitative estimate of drug-likeness (QED) is 0.590. The van der Waals surface area contributed by atoms with E-state index in [2.05, 4.69) is 17.1 Å². The first-order valence-corrected chi connectivity index (χ1v) is 9.58. The number of Topliss-reactive ketones (excluding diaryl/α,β-unsaturated/α-hetero) is 1. The Kier molecular flexibility index (Phi) is 3.64. The summed E-state index contributed by atoms with van der Waals surface area (Å²) in [6.45, 7) is 0.619. The Hall–Kier alpha value is -1.88. The van der Waals surface area contributed by atoms with Crippen molar-refractivity contribution in [2.45, 2.75) is 24.9 Å². The minimum Gasteiger partial charge on any atom is -0.357 e. The number of nitrogens with one attached hydrogen (secondary N) is 1. The van der Waals surface area contributed by atoms with Crippen LogP contribution in [0.4, 0.5) is 0 Å². The summed E-state index contributed by atoms with van der Waals surface area (Å²) in [6.07, 6.45) is 0.660. The molecule has 2 atom stereocenters. The number of nitrogens with zero attached hydrogens (tertiary/aromatic N) is 1. The summed E-state index contributed by atoms with van der Waals surface area (Å²) in [6, 6.07) is 13.2. The fourth-order valence-corrected chi connectivity index (χ4v) is 5.04. The molecular weight excluding hydrogens is 387 g/mol. The normalized spacial score (nSPS) is 22.0. The van der Waals surface area contributed by atoms with Crippen molar-refractivity contribution in [1.82, 2.24) is 9.88 Å². The maximum absolute atomic E-state index is 13.2. The zero-order valence-electron chi connectivity index (χ0n) is 13.6. The zero-order valence-corrected chi connectivity index (χ0v) is 16.0. The van der Waals surface area contributed by atoms with E-state index in [1.807, 2.05) is 17.0 Å². The number of hydrogen-bond acceptors (Lipinski definition) is 2. The molecule has 6 heteroatoms. The number of fused-ring (bicyclic) bond motifs is 4. The van der Waals surface area contributed by atoms with Crippen LogP contribution in [0.2, 0.25) is 10.0 Å². The van der Waals surface area contributed by atoms with E-state index in [1.54, 1.807) is 18.2 Å². The van der Waals surface area contributed by atoms with Gasteiger partial charge in [-0.3, -0.25) is 4.79 Å². The number of aromatic amines is 1. The molecule has 2 aliphatic heterocycles. The second kappa shape index (κ2) is 5.81. The Bertz CT molecular complexity index is 1090. The molecule has 0 bridgehead atoms.